The number of benzene rings is 1. The summed E-state index contributed by atoms with van der Waals surface area (Å²) in [6, 6.07) is 6.43. The molecule has 6 nitrogen and oxygen atoms in total. The molecular formula is C21H31N3O3S. The summed E-state index contributed by atoms with van der Waals surface area (Å²) in [6.45, 7) is 8.76. The summed E-state index contributed by atoms with van der Waals surface area (Å²) >= 11 is 0. The Labute approximate surface area is 169 Å². The molecule has 0 heterocycles. The lowest BCUT2D eigenvalue weighted by molar-refractivity contribution is -0.117. The normalized spacial score (nSPS) is 15.5. The third-order valence-electron chi connectivity index (χ3n) is 5.05. The molecule has 0 radical (unpaired) electrons. The van der Waals surface area contributed by atoms with Crippen LogP contribution < -0.4 is 5.32 Å². The number of carbonyl (C=O) groups is 1. The first kappa shape index (κ1) is 22.3. The molecule has 0 spiro atoms. The lowest BCUT2D eigenvalue weighted by Gasteiger charge is -2.30. The van der Waals surface area contributed by atoms with Crippen molar-refractivity contribution in [2.45, 2.75) is 43.0 Å². The van der Waals surface area contributed by atoms with Crippen LogP contribution in [0.3, 0.4) is 0 Å². The van der Waals surface area contributed by atoms with Gasteiger partial charge in [0.15, 0.2) is 0 Å². The van der Waals surface area contributed by atoms with E-state index < -0.39 is 10.0 Å². The van der Waals surface area contributed by atoms with Crippen molar-refractivity contribution in [2.24, 2.45) is 0 Å². The highest BCUT2D eigenvalue weighted by Crippen LogP contribution is 2.26. The third-order valence-corrected chi connectivity index (χ3v) is 6.97. The minimum absolute atomic E-state index is 0.0684. The summed E-state index contributed by atoms with van der Waals surface area (Å²) in [7, 11) is -1.87. The molecule has 0 unspecified atom stereocenters. The molecule has 0 aliphatic heterocycles. The fourth-order valence-electron chi connectivity index (χ4n) is 3.49. The molecule has 1 fully saturated rings. The monoisotopic (exact) mass is 405 g/mol. The van der Waals surface area contributed by atoms with Crippen LogP contribution in [0.4, 0.5) is 5.69 Å². The van der Waals surface area contributed by atoms with E-state index in [0.29, 0.717) is 18.8 Å². The standard InChI is InChI=1S/C21H31N3O3S/c1-4-15-24(16-5-2)17-21(25)22-18-11-13-20(14-12-18)28(26,27)23(3)19-9-7-6-8-10-19/h4-5,11-14,19H,1-2,6-10,15-17H2,3H3,(H,22,25). The van der Waals surface area contributed by atoms with Crippen molar-refractivity contribution < 1.29 is 13.2 Å². The average Bonchev–Trinajstić information content (AvgIpc) is 2.69. The van der Waals surface area contributed by atoms with Gasteiger partial charge in [0.2, 0.25) is 15.9 Å². The lowest BCUT2D eigenvalue weighted by atomic mass is 9.96. The summed E-state index contributed by atoms with van der Waals surface area (Å²) in [5, 5.41) is 2.80. The maximum absolute atomic E-state index is 12.9. The molecule has 154 valence electrons. The van der Waals surface area contributed by atoms with E-state index in [-0.39, 0.29) is 23.4 Å². The van der Waals surface area contributed by atoms with Crippen molar-refractivity contribution in [2.75, 3.05) is 32.0 Å². The SMILES string of the molecule is C=CCN(CC=C)CC(=O)Nc1ccc(S(=O)(=O)N(C)C2CCCCC2)cc1. The number of sulfonamides is 1. The quantitative estimate of drug-likeness (QED) is 0.607. The van der Waals surface area contributed by atoms with Crippen LogP contribution in [-0.2, 0) is 14.8 Å². The first-order valence-corrected chi connectivity index (χ1v) is 11.1. The topological polar surface area (TPSA) is 69.7 Å². The fraction of sp³-hybridized carbons (Fsp3) is 0.476. The number of hydrogen-bond acceptors (Lipinski definition) is 4. The first-order chi connectivity index (χ1) is 13.4. The van der Waals surface area contributed by atoms with E-state index >= 15 is 0 Å². The van der Waals surface area contributed by atoms with E-state index in [4.69, 9.17) is 0 Å². The van der Waals surface area contributed by atoms with Gasteiger partial charge in [0, 0.05) is 31.9 Å². The van der Waals surface area contributed by atoms with Gasteiger partial charge in [-0.15, -0.1) is 13.2 Å². The van der Waals surface area contributed by atoms with Crippen LogP contribution in [0.2, 0.25) is 0 Å². The Hall–Kier alpha value is -1.96. The Morgan fingerprint density at radius 3 is 2.21 bits per heavy atom. The number of nitrogens with one attached hydrogen (secondary N) is 1. The van der Waals surface area contributed by atoms with Crippen LogP contribution in [0.15, 0.2) is 54.5 Å². The van der Waals surface area contributed by atoms with Crippen molar-refractivity contribution in [1.29, 1.82) is 0 Å². The number of nitrogens with zero attached hydrogens (tertiary/aromatic N) is 2. The van der Waals surface area contributed by atoms with Gasteiger partial charge in [0.25, 0.3) is 0 Å². The van der Waals surface area contributed by atoms with E-state index in [1.807, 2.05) is 4.90 Å². The fourth-order valence-corrected chi connectivity index (χ4v) is 4.91. The van der Waals surface area contributed by atoms with Gasteiger partial charge in [-0.2, -0.15) is 4.31 Å². The maximum atomic E-state index is 12.9. The number of hydrogen-bond donors (Lipinski definition) is 1. The zero-order valence-corrected chi connectivity index (χ0v) is 17.5. The number of anilines is 1. The predicted octanol–water partition coefficient (Wildman–Crippen LogP) is 3.25. The van der Waals surface area contributed by atoms with Gasteiger partial charge in [-0.3, -0.25) is 9.69 Å². The Morgan fingerprint density at radius 1 is 1.11 bits per heavy atom. The van der Waals surface area contributed by atoms with Crippen LogP contribution in [-0.4, -0.2) is 56.3 Å². The van der Waals surface area contributed by atoms with E-state index in [2.05, 4.69) is 18.5 Å². The predicted molar refractivity (Wildman–Crippen MR) is 114 cm³/mol. The molecule has 28 heavy (non-hydrogen) atoms. The van der Waals surface area contributed by atoms with Crippen LogP contribution in [0, 0.1) is 0 Å². The highest BCUT2D eigenvalue weighted by Gasteiger charge is 2.28. The molecule has 7 heteroatoms. The van der Waals surface area contributed by atoms with Gasteiger partial charge in [-0.05, 0) is 37.1 Å². The Morgan fingerprint density at radius 2 is 1.68 bits per heavy atom. The second-order valence-electron chi connectivity index (χ2n) is 7.16. The second-order valence-corrected chi connectivity index (χ2v) is 9.15. The molecule has 1 aromatic carbocycles. The lowest BCUT2D eigenvalue weighted by Crippen LogP contribution is -2.38. The molecule has 1 saturated carbocycles. The van der Waals surface area contributed by atoms with Gasteiger partial charge in [0.05, 0.1) is 11.4 Å². The molecule has 1 N–H and O–H groups in total. The van der Waals surface area contributed by atoms with Crippen molar-refractivity contribution in [1.82, 2.24) is 9.21 Å². The van der Waals surface area contributed by atoms with Crippen molar-refractivity contribution in [3.05, 3.63) is 49.6 Å². The van der Waals surface area contributed by atoms with Crippen molar-refractivity contribution in [3.8, 4) is 0 Å². The van der Waals surface area contributed by atoms with Crippen LogP contribution in [0.25, 0.3) is 0 Å². The third kappa shape index (κ3) is 6.02. The van der Waals surface area contributed by atoms with Gasteiger partial charge in [-0.25, -0.2) is 8.42 Å². The summed E-state index contributed by atoms with van der Waals surface area (Å²) in [5.41, 5.74) is 0.571. The Balaban J connectivity index is 2.00. The first-order valence-electron chi connectivity index (χ1n) is 9.70. The molecule has 1 aromatic rings. The molecule has 1 amide bonds. The van der Waals surface area contributed by atoms with Crippen LogP contribution >= 0.6 is 0 Å². The maximum Gasteiger partial charge on any atom is 0.243 e. The Kier molecular flexibility index (Phi) is 8.41. The summed E-state index contributed by atoms with van der Waals surface area (Å²) < 4.78 is 27.2. The van der Waals surface area contributed by atoms with Crippen molar-refractivity contribution >= 4 is 21.6 Å². The second kappa shape index (κ2) is 10.5. The number of carbonyl (C=O) groups excluding carboxylic acids is 1. The molecule has 1 aliphatic carbocycles. The summed E-state index contributed by atoms with van der Waals surface area (Å²) in [4.78, 5) is 14.4. The van der Waals surface area contributed by atoms with Crippen LogP contribution in [0.5, 0.6) is 0 Å². The summed E-state index contributed by atoms with van der Waals surface area (Å²) in [5.74, 6) is -0.168. The molecular weight excluding hydrogens is 374 g/mol. The zero-order chi connectivity index (χ0) is 20.6. The Bertz CT molecular complexity index is 759. The van der Waals surface area contributed by atoms with E-state index in [0.717, 1.165) is 25.7 Å². The van der Waals surface area contributed by atoms with Gasteiger partial charge >= 0.3 is 0 Å². The highest BCUT2D eigenvalue weighted by atomic mass is 32.2. The molecule has 0 atom stereocenters. The van der Waals surface area contributed by atoms with E-state index in [9.17, 15) is 13.2 Å². The van der Waals surface area contributed by atoms with Gasteiger partial charge < -0.3 is 5.32 Å². The van der Waals surface area contributed by atoms with E-state index in [1.54, 1.807) is 43.5 Å². The summed E-state index contributed by atoms with van der Waals surface area (Å²) in [6.07, 6.45) is 8.62. The van der Waals surface area contributed by atoms with Gasteiger partial charge in [-0.1, -0.05) is 31.4 Å². The van der Waals surface area contributed by atoms with E-state index in [1.165, 1.54) is 10.7 Å². The number of rotatable bonds is 10. The smallest absolute Gasteiger partial charge is 0.243 e. The molecule has 0 saturated heterocycles. The molecule has 0 aromatic heterocycles. The largest absolute Gasteiger partial charge is 0.325 e. The zero-order valence-electron chi connectivity index (χ0n) is 16.6. The molecule has 2 rings (SSSR count). The van der Waals surface area contributed by atoms with Gasteiger partial charge in [0.1, 0.15) is 0 Å². The molecule has 1 aliphatic rings. The van der Waals surface area contributed by atoms with Crippen molar-refractivity contribution in [3.63, 3.8) is 0 Å². The minimum Gasteiger partial charge on any atom is -0.325 e. The average molecular weight is 406 g/mol. The van der Waals surface area contributed by atoms with Crippen LogP contribution in [0.1, 0.15) is 32.1 Å². The number of amides is 1. The highest BCUT2D eigenvalue weighted by molar-refractivity contribution is 7.89. The minimum atomic E-state index is -3.53. The molecule has 0 bridgehead atoms.